The van der Waals surface area contributed by atoms with Crippen molar-refractivity contribution in [2.45, 2.75) is 94.4 Å². The van der Waals surface area contributed by atoms with Crippen LogP contribution in [0.5, 0.6) is 11.5 Å². The summed E-state index contributed by atoms with van der Waals surface area (Å²) < 4.78 is 22.7. The lowest BCUT2D eigenvalue weighted by Crippen LogP contribution is -2.13. The zero-order valence-corrected chi connectivity index (χ0v) is 25.2. The van der Waals surface area contributed by atoms with Crippen LogP contribution in [0.3, 0.4) is 0 Å². The second-order valence-electron chi connectivity index (χ2n) is 10.6. The molecule has 212 valence electrons. The van der Waals surface area contributed by atoms with Gasteiger partial charge in [0.1, 0.15) is 18.1 Å². The van der Waals surface area contributed by atoms with E-state index in [2.05, 4.69) is 20.8 Å². The Morgan fingerprint density at radius 2 is 1.71 bits per heavy atom. The molecule has 0 heterocycles. The molecule has 38 heavy (non-hydrogen) atoms. The van der Waals surface area contributed by atoms with Gasteiger partial charge < -0.3 is 18.9 Å². The second kappa shape index (κ2) is 16.7. The van der Waals surface area contributed by atoms with Crippen LogP contribution in [0.4, 0.5) is 0 Å². The molecule has 0 bridgehead atoms. The van der Waals surface area contributed by atoms with Crippen molar-refractivity contribution in [3.63, 3.8) is 0 Å². The van der Waals surface area contributed by atoms with E-state index in [1.54, 1.807) is 20.1 Å². The van der Waals surface area contributed by atoms with Crippen molar-refractivity contribution in [2.24, 2.45) is 11.8 Å². The lowest BCUT2D eigenvalue weighted by Gasteiger charge is -2.20. The fraction of sp³-hybridized carbons (Fsp3) is 0.562. The Morgan fingerprint density at radius 3 is 2.13 bits per heavy atom. The maximum atomic E-state index is 11.8. The van der Waals surface area contributed by atoms with Crippen LogP contribution < -0.4 is 9.47 Å². The van der Waals surface area contributed by atoms with Crippen LogP contribution in [0.2, 0.25) is 0 Å². The topological polar surface area (TPSA) is 71.1 Å². The summed E-state index contributed by atoms with van der Waals surface area (Å²) in [6, 6.07) is 3.88. The molecule has 0 saturated heterocycles. The summed E-state index contributed by atoms with van der Waals surface area (Å²) in [6.45, 7) is 16.8. The molecule has 1 saturated carbocycles. The number of aryl methyl sites for hydroxylation is 1. The van der Waals surface area contributed by atoms with Crippen molar-refractivity contribution in [2.75, 3.05) is 13.7 Å². The van der Waals surface area contributed by atoms with Gasteiger partial charge in [0.2, 0.25) is 0 Å². The number of hydrogen-bond donors (Lipinski definition) is 0. The highest BCUT2D eigenvalue weighted by Crippen LogP contribution is 2.35. The Labute approximate surface area is 230 Å². The first-order valence-electron chi connectivity index (χ1n) is 13.6. The van der Waals surface area contributed by atoms with E-state index in [0.29, 0.717) is 23.0 Å². The lowest BCUT2D eigenvalue weighted by atomic mass is 9.88. The first-order valence-corrected chi connectivity index (χ1v) is 13.6. The van der Waals surface area contributed by atoms with Gasteiger partial charge in [-0.1, -0.05) is 57.7 Å². The third-order valence-electron chi connectivity index (χ3n) is 6.16. The Balaban J connectivity index is 0.00000128. The van der Waals surface area contributed by atoms with Crippen LogP contribution in [0.1, 0.15) is 92.2 Å². The summed E-state index contributed by atoms with van der Waals surface area (Å²) in [5.74, 6) is 2.61. The summed E-state index contributed by atoms with van der Waals surface area (Å²) in [5.41, 5.74) is 3.48. The first kappa shape index (κ1) is 33.0. The van der Waals surface area contributed by atoms with E-state index in [-0.39, 0.29) is 12.4 Å². The van der Waals surface area contributed by atoms with Gasteiger partial charge in [-0.3, -0.25) is 9.59 Å². The number of methoxy groups -OCH3 is 1. The third-order valence-corrected chi connectivity index (χ3v) is 6.16. The van der Waals surface area contributed by atoms with Crippen molar-refractivity contribution in [1.29, 1.82) is 0 Å². The smallest absolute Gasteiger partial charge is 0.308 e. The molecule has 2 rings (SSSR count). The van der Waals surface area contributed by atoms with Crippen LogP contribution in [-0.4, -0.2) is 25.7 Å². The van der Waals surface area contributed by atoms with Gasteiger partial charge in [-0.25, -0.2) is 0 Å². The highest BCUT2D eigenvalue weighted by Gasteiger charge is 2.20. The Morgan fingerprint density at radius 1 is 1.08 bits per heavy atom. The summed E-state index contributed by atoms with van der Waals surface area (Å²) in [4.78, 5) is 23.3. The molecule has 0 amide bonds. The molecule has 0 atom stereocenters. The fourth-order valence-corrected chi connectivity index (χ4v) is 3.85. The average Bonchev–Trinajstić information content (AvgIpc) is 2.82. The molecule has 0 aliphatic heterocycles. The van der Waals surface area contributed by atoms with Gasteiger partial charge in [0, 0.05) is 25.0 Å². The van der Waals surface area contributed by atoms with Crippen molar-refractivity contribution >= 4 is 11.9 Å². The number of hydrogen-bond acceptors (Lipinski definition) is 6. The normalized spacial score (nSPS) is 13.9. The van der Waals surface area contributed by atoms with E-state index in [0.717, 1.165) is 41.2 Å². The van der Waals surface area contributed by atoms with Gasteiger partial charge in [-0.15, -0.1) is 0 Å². The van der Waals surface area contributed by atoms with Crippen LogP contribution in [0, 0.1) is 18.8 Å². The van der Waals surface area contributed by atoms with Gasteiger partial charge in [0.25, 0.3) is 0 Å². The number of rotatable bonds is 11. The third kappa shape index (κ3) is 11.6. The second-order valence-corrected chi connectivity index (χ2v) is 10.6. The molecule has 0 aromatic heterocycles. The highest BCUT2D eigenvalue weighted by atomic mass is 16.6. The molecule has 1 fully saturated rings. The number of esters is 2. The molecular formula is C32H48O6. The van der Waals surface area contributed by atoms with Crippen LogP contribution in [0.25, 0.3) is 0 Å². The number of benzene rings is 1. The molecule has 1 aromatic carbocycles. The predicted molar refractivity (Wildman–Crippen MR) is 153 cm³/mol. The average molecular weight is 529 g/mol. The van der Waals surface area contributed by atoms with Crippen LogP contribution >= 0.6 is 0 Å². The van der Waals surface area contributed by atoms with Gasteiger partial charge >= 0.3 is 11.9 Å². The zero-order valence-electron chi connectivity index (χ0n) is 25.2. The molecule has 0 unspecified atom stereocenters. The number of ether oxygens (including phenoxy) is 4. The highest BCUT2D eigenvalue weighted by molar-refractivity contribution is 5.68. The quantitative estimate of drug-likeness (QED) is 0.164. The van der Waals surface area contributed by atoms with Gasteiger partial charge in [-0.05, 0) is 70.1 Å². The molecule has 1 aliphatic rings. The van der Waals surface area contributed by atoms with Gasteiger partial charge in [0.05, 0.1) is 7.11 Å². The molecular weight excluding hydrogens is 480 g/mol. The van der Waals surface area contributed by atoms with Gasteiger partial charge in [0.15, 0.2) is 11.5 Å². The minimum atomic E-state index is -0.480. The fourth-order valence-electron chi connectivity index (χ4n) is 3.85. The monoisotopic (exact) mass is 528 g/mol. The van der Waals surface area contributed by atoms with E-state index in [4.69, 9.17) is 18.9 Å². The summed E-state index contributed by atoms with van der Waals surface area (Å²) in [5, 5.41) is 0. The summed E-state index contributed by atoms with van der Waals surface area (Å²) >= 11 is 0. The largest absolute Gasteiger partial charge is 0.496 e. The molecule has 6 nitrogen and oxygen atoms in total. The maximum absolute atomic E-state index is 11.8. The van der Waals surface area contributed by atoms with Crippen LogP contribution in [0.15, 0.2) is 46.9 Å². The minimum Gasteiger partial charge on any atom is -0.496 e. The molecule has 1 aliphatic carbocycles. The first-order chi connectivity index (χ1) is 17.9. The molecule has 0 spiro atoms. The maximum Gasteiger partial charge on any atom is 0.308 e. The number of carbonyl (C=O) groups excluding carboxylic acids is 2. The van der Waals surface area contributed by atoms with Crippen molar-refractivity contribution < 1.29 is 28.5 Å². The number of allylic oxidation sites excluding steroid dienone is 2. The Kier molecular flexibility index (Phi) is 14.5. The predicted octanol–water partition coefficient (Wildman–Crippen LogP) is 8.03. The Hall–Kier alpha value is -3.02. The van der Waals surface area contributed by atoms with E-state index < -0.39 is 11.9 Å². The molecule has 0 N–H and O–H groups in total. The van der Waals surface area contributed by atoms with E-state index in [1.165, 1.54) is 33.1 Å². The lowest BCUT2D eigenvalue weighted by molar-refractivity contribution is -0.140. The van der Waals surface area contributed by atoms with Crippen molar-refractivity contribution in [1.82, 2.24) is 0 Å². The standard InChI is InChI=1S/C27H38O6.C5H10/c1-10-24(32-21(8)29)27(23(15-18(4)5)16-31-20(7)28)33-25-14-13-22(12-11-17(2)3)26(30-9)19(25)6;1-5-3-2-4-5/h10,13-15,17H,11-12,16H2,1-9H3;5H,2-4H2,1H3/b24-10+,27-23-;. The zero-order chi connectivity index (χ0) is 28.8. The minimum absolute atomic E-state index is 0.0306. The van der Waals surface area contributed by atoms with Gasteiger partial charge in [-0.2, -0.15) is 0 Å². The summed E-state index contributed by atoms with van der Waals surface area (Å²) in [7, 11) is 1.65. The van der Waals surface area contributed by atoms with E-state index in [9.17, 15) is 9.59 Å². The summed E-state index contributed by atoms with van der Waals surface area (Å²) in [6.07, 6.45) is 9.89. The van der Waals surface area contributed by atoms with E-state index in [1.807, 2.05) is 39.0 Å². The van der Waals surface area contributed by atoms with Crippen molar-refractivity contribution in [3.8, 4) is 11.5 Å². The SMILES string of the molecule is C/C=C(OC(C)=O)\C(Oc1ccc(CCC(C)C)c(OC)c1C)=C(/C=C(C)C)COC(C)=O.CC1CCC1. The Bertz CT molecular complexity index is 1020. The molecule has 0 radical (unpaired) electrons. The molecule has 6 heteroatoms. The van der Waals surface area contributed by atoms with Crippen molar-refractivity contribution in [3.05, 3.63) is 58.1 Å². The van der Waals surface area contributed by atoms with E-state index >= 15 is 0 Å². The van der Waals surface area contributed by atoms with Crippen LogP contribution in [-0.2, 0) is 25.5 Å². The number of carbonyl (C=O) groups is 2. The molecule has 1 aromatic rings.